The van der Waals surface area contributed by atoms with Crippen LogP contribution in [0.5, 0.6) is 0 Å². The van der Waals surface area contributed by atoms with E-state index in [-0.39, 0.29) is 18.1 Å². The molecular weight excluding hydrogens is 498 g/mol. The Bertz CT molecular complexity index is 1390. The zero-order valence-electron chi connectivity index (χ0n) is 21.1. The molecule has 3 aromatic carbocycles. The van der Waals surface area contributed by atoms with E-state index >= 15 is 0 Å². The van der Waals surface area contributed by atoms with E-state index in [2.05, 4.69) is 5.32 Å². The third-order valence-corrected chi connectivity index (χ3v) is 7.29. The van der Waals surface area contributed by atoms with Crippen LogP contribution >= 0.6 is 11.8 Å². The van der Waals surface area contributed by atoms with Crippen molar-refractivity contribution in [1.29, 1.82) is 5.26 Å². The number of hydrogen-bond donors (Lipinski definition) is 1. The lowest BCUT2D eigenvalue weighted by molar-refractivity contribution is -0.117. The third-order valence-electron chi connectivity index (χ3n) is 6.03. The number of anilines is 2. The highest BCUT2D eigenvalue weighted by Gasteiger charge is 2.40. The molecule has 192 valence electrons. The van der Waals surface area contributed by atoms with Gasteiger partial charge in [0.1, 0.15) is 16.7 Å². The lowest BCUT2D eigenvalue weighted by Crippen LogP contribution is -2.30. The molecule has 0 saturated carbocycles. The summed E-state index contributed by atoms with van der Waals surface area (Å²) in [5.41, 5.74) is 3.42. The number of ether oxygens (including phenoxy) is 1. The van der Waals surface area contributed by atoms with Crippen molar-refractivity contribution in [2.45, 2.75) is 31.9 Å². The molecule has 8 heteroatoms. The smallest absolute Gasteiger partial charge is 0.338 e. The summed E-state index contributed by atoms with van der Waals surface area (Å²) in [5.74, 6) is -1.20. The highest BCUT2D eigenvalue weighted by Crippen LogP contribution is 2.42. The van der Waals surface area contributed by atoms with Gasteiger partial charge in [0, 0.05) is 11.4 Å². The molecule has 38 heavy (non-hydrogen) atoms. The van der Waals surface area contributed by atoms with Crippen molar-refractivity contribution < 1.29 is 19.1 Å². The van der Waals surface area contributed by atoms with Gasteiger partial charge in [-0.15, -0.1) is 0 Å². The molecule has 1 heterocycles. The van der Waals surface area contributed by atoms with Crippen LogP contribution in [-0.2, 0) is 27.2 Å². The maximum absolute atomic E-state index is 13.6. The number of rotatable bonds is 8. The molecule has 2 amide bonds. The molecule has 1 fully saturated rings. The molecule has 1 aliphatic heterocycles. The van der Waals surface area contributed by atoms with Gasteiger partial charge in [0.05, 0.1) is 17.4 Å². The van der Waals surface area contributed by atoms with Crippen molar-refractivity contribution in [3.05, 3.63) is 106 Å². The number of benzene rings is 3. The monoisotopic (exact) mass is 525 g/mol. The number of esters is 1. The molecule has 0 bridgehead atoms. The van der Waals surface area contributed by atoms with Crippen LogP contribution in [-0.4, -0.2) is 29.6 Å². The van der Waals surface area contributed by atoms with Crippen LogP contribution in [0.4, 0.5) is 11.4 Å². The number of para-hydroxylation sites is 1. The minimum Gasteiger partial charge on any atom is -0.462 e. The Labute approximate surface area is 226 Å². The fourth-order valence-electron chi connectivity index (χ4n) is 4.02. The van der Waals surface area contributed by atoms with Gasteiger partial charge < -0.3 is 10.1 Å². The normalized spacial score (nSPS) is 16.1. The summed E-state index contributed by atoms with van der Waals surface area (Å²) < 4.78 is 5.03. The van der Waals surface area contributed by atoms with Crippen LogP contribution in [0, 0.1) is 11.3 Å². The van der Waals surface area contributed by atoms with Gasteiger partial charge in [-0.25, -0.2) is 4.79 Å². The van der Waals surface area contributed by atoms with Crippen molar-refractivity contribution in [1.82, 2.24) is 0 Å². The molecule has 0 spiro atoms. The van der Waals surface area contributed by atoms with Gasteiger partial charge in [-0.2, -0.15) is 5.26 Å². The molecule has 3 aromatic rings. The summed E-state index contributed by atoms with van der Waals surface area (Å²) in [7, 11) is 0. The Morgan fingerprint density at radius 2 is 1.63 bits per heavy atom. The predicted molar refractivity (Wildman–Crippen MR) is 148 cm³/mol. The van der Waals surface area contributed by atoms with E-state index in [1.165, 1.54) is 16.7 Å². The first-order valence-corrected chi connectivity index (χ1v) is 13.2. The van der Waals surface area contributed by atoms with E-state index in [0.717, 1.165) is 17.5 Å². The van der Waals surface area contributed by atoms with Crippen LogP contribution in [0.2, 0.25) is 0 Å². The van der Waals surface area contributed by atoms with Gasteiger partial charge in [-0.05, 0) is 67.3 Å². The SMILES string of the molecule is CCOC(=O)c1ccc(CC2S/C(=C(/C#N)C(=O)Nc3ccc(CC)cc3)N(c3ccccc3)C2=O)cc1. The van der Waals surface area contributed by atoms with Gasteiger partial charge in [0.2, 0.25) is 5.91 Å². The molecule has 1 N–H and O–H groups in total. The van der Waals surface area contributed by atoms with Gasteiger partial charge in [-0.3, -0.25) is 14.5 Å². The van der Waals surface area contributed by atoms with Gasteiger partial charge >= 0.3 is 5.97 Å². The first-order chi connectivity index (χ1) is 18.4. The number of amides is 2. The number of thioether (sulfide) groups is 1. The van der Waals surface area contributed by atoms with E-state index in [1.54, 1.807) is 67.6 Å². The van der Waals surface area contributed by atoms with E-state index < -0.39 is 17.1 Å². The molecule has 0 aromatic heterocycles. The fraction of sp³-hybridized carbons (Fsp3) is 0.200. The lowest BCUT2D eigenvalue weighted by atomic mass is 10.1. The Kier molecular flexibility index (Phi) is 8.62. The minimum atomic E-state index is -0.576. The molecule has 7 nitrogen and oxygen atoms in total. The van der Waals surface area contributed by atoms with Crippen molar-refractivity contribution in [2.75, 3.05) is 16.8 Å². The Balaban J connectivity index is 1.63. The topological polar surface area (TPSA) is 99.5 Å². The predicted octanol–water partition coefficient (Wildman–Crippen LogP) is 5.49. The number of carbonyl (C=O) groups is 3. The van der Waals surface area contributed by atoms with Crippen LogP contribution in [0.15, 0.2) is 89.5 Å². The zero-order valence-corrected chi connectivity index (χ0v) is 22.0. The second-order valence-electron chi connectivity index (χ2n) is 8.53. The van der Waals surface area contributed by atoms with Crippen LogP contribution < -0.4 is 10.2 Å². The second-order valence-corrected chi connectivity index (χ2v) is 9.73. The Morgan fingerprint density at radius 3 is 2.24 bits per heavy atom. The van der Waals surface area contributed by atoms with Gasteiger partial charge in [0.15, 0.2) is 0 Å². The second kappa shape index (κ2) is 12.3. The summed E-state index contributed by atoms with van der Waals surface area (Å²) in [4.78, 5) is 40.2. The van der Waals surface area contributed by atoms with Crippen LogP contribution in [0.25, 0.3) is 0 Å². The molecule has 1 atom stereocenters. The molecular formula is C30H27N3O4S. The highest BCUT2D eigenvalue weighted by atomic mass is 32.2. The van der Waals surface area contributed by atoms with E-state index in [9.17, 15) is 19.6 Å². The number of nitrogens with zero attached hydrogens (tertiary/aromatic N) is 2. The Morgan fingerprint density at radius 1 is 0.974 bits per heavy atom. The highest BCUT2D eigenvalue weighted by molar-refractivity contribution is 8.05. The summed E-state index contributed by atoms with van der Waals surface area (Å²) in [6.07, 6.45) is 1.23. The van der Waals surface area contributed by atoms with Crippen molar-refractivity contribution in [3.63, 3.8) is 0 Å². The first-order valence-electron chi connectivity index (χ1n) is 12.3. The first kappa shape index (κ1) is 26.7. The van der Waals surface area contributed by atoms with Crippen LogP contribution in [0.3, 0.4) is 0 Å². The zero-order chi connectivity index (χ0) is 27.1. The maximum Gasteiger partial charge on any atom is 0.338 e. The van der Waals surface area contributed by atoms with Gasteiger partial charge in [-0.1, -0.05) is 61.2 Å². The number of aryl methyl sites for hydroxylation is 1. The van der Waals surface area contributed by atoms with E-state index in [0.29, 0.717) is 28.4 Å². The summed E-state index contributed by atoms with van der Waals surface area (Å²) in [6, 6.07) is 25.3. The van der Waals surface area contributed by atoms with Crippen molar-refractivity contribution in [3.8, 4) is 6.07 Å². The standard InChI is InChI=1S/C30H27N3O4S/c1-3-20-12-16-23(17-13-20)32-27(34)25(19-31)29-33(24-8-6-5-7-9-24)28(35)26(38-29)18-21-10-14-22(15-11-21)30(36)37-4-2/h5-17,26H,3-4,18H2,1-2H3,(H,32,34)/b29-25-. The summed E-state index contributed by atoms with van der Waals surface area (Å²) >= 11 is 1.19. The van der Waals surface area contributed by atoms with Crippen LogP contribution in [0.1, 0.15) is 35.3 Å². The Hall–Kier alpha value is -4.35. The van der Waals surface area contributed by atoms with E-state index in [1.807, 2.05) is 31.2 Å². The molecule has 1 aliphatic rings. The lowest BCUT2D eigenvalue weighted by Gasteiger charge is -2.18. The fourth-order valence-corrected chi connectivity index (χ4v) is 5.33. The average Bonchev–Trinajstić information content (AvgIpc) is 3.25. The molecule has 0 radical (unpaired) electrons. The largest absolute Gasteiger partial charge is 0.462 e. The van der Waals surface area contributed by atoms with Crippen molar-refractivity contribution in [2.24, 2.45) is 0 Å². The molecule has 1 saturated heterocycles. The minimum absolute atomic E-state index is 0.132. The maximum atomic E-state index is 13.6. The number of nitriles is 1. The summed E-state index contributed by atoms with van der Waals surface area (Å²) in [5, 5.41) is 12.5. The molecule has 0 aliphatic carbocycles. The molecule has 1 unspecified atom stereocenters. The average molecular weight is 526 g/mol. The quantitative estimate of drug-likeness (QED) is 0.237. The summed E-state index contributed by atoms with van der Waals surface area (Å²) in [6.45, 7) is 4.08. The van der Waals surface area contributed by atoms with Crippen molar-refractivity contribution >= 4 is 40.9 Å². The number of carbonyl (C=O) groups excluding carboxylic acids is 3. The molecule has 4 rings (SSSR count). The third kappa shape index (κ3) is 5.96. The number of hydrogen-bond acceptors (Lipinski definition) is 6. The number of nitrogens with one attached hydrogen (secondary N) is 1. The van der Waals surface area contributed by atoms with Gasteiger partial charge in [0.25, 0.3) is 5.91 Å². The van der Waals surface area contributed by atoms with E-state index in [4.69, 9.17) is 4.74 Å².